The van der Waals surface area contributed by atoms with Crippen molar-refractivity contribution >= 4 is 40.3 Å². The topological polar surface area (TPSA) is 57.4 Å². The maximum Gasteiger partial charge on any atom is 0.189 e. The molecule has 0 saturated carbocycles. The minimum absolute atomic E-state index is 0.0535. The molecular weight excluding hydrogens is 366 g/mol. The van der Waals surface area contributed by atoms with Gasteiger partial charge in [-0.25, -0.2) is 8.78 Å². The Kier molecular flexibility index (Phi) is 6.84. The molecule has 0 aliphatic heterocycles. The van der Waals surface area contributed by atoms with E-state index in [1.54, 1.807) is 7.11 Å². The highest BCUT2D eigenvalue weighted by Crippen LogP contribution is 2.14. The number of rotatable bonds is 4. The third-order valence-corrected chi connectivity index (χ3v) is 3.53. The van der Waals surface area contributed by atoms with Crippen molar-refractivity contribution in [3.8, 4) is 5.75 Å². The highest BCUT2D eigenvalue weighted by molar-refractivity contribution is 7.80. The van der Waals surface area contributed by atoms with Crippen LogP contribution in [0.4, 0.5) is 14.5 Å². The van der Waals surface area contributed by atoms with Crippen molar-refractivity contribution in [2.75, 3.05) is 12.4 Å². The van der Waals surface area contributed by atoms with Gasteiger partial charge in [0.25, 0.3) is 0 Å². The maximum absolute atomic E-state index is 13.5. The van der Waals surface area contributed by atoms with Crippen LogP contribution >= 0.6 is 24.4 Å². The fourth-order valence-corrected chi connectivity index (χ4v) is 2.11. The Balaban J connectivity index is 1.74. The number of hydrogen-bond donors (Lipinski definition) is 4. The normalized spacial score (nSPS) is 9.88. The zero-order valence-electron chi connectivity index (χ0n) is 13.2. The van der Waals surface area contributed by atoms with E-state index in [-0.39, 0.29) is 10.8 Å². The molecule has 0 spiro atoms. The fourth-order valence-electron chi connectivity index (χ4n) is 1.83. The third kappa shape index (κ3) is 6.12. The van der Waals surface area contributed by atoms with Crippen molar-refractivity contribution in [1.29, 1.82) is 0 Å². The Morgan fingerprint density at radius 3 is 2.32 bits per heavy atom. The van der Waals surface area contributed by atoms with Crippen LogP contribution in [0.25, 0.3) is 0 Å². The molecule has 0 aliphatic rings. The number of methoxy groups -OCH3 is 1. The number of benzene rings is 2. The first-order valence-corrected chi connectivity index (χ1v) is 7.98. The molecule has 0 fully saturated rings. The zero-order valence-corrected chi connectivity index (χ0v) is 14.9. The average molecular weight is 382 g/mol. The first-order valence-electron chi connectivity index (χ1n) is 7.17. The molecule has 132 valence electrons. The number of ether oxygens (including phenoxy) is 1. The summed E-state index contributed by atoms with van der Waals surface area (Å²) in [5.41, 5.74) is 6.35. The highest BCUT2D eigenvalue weighted by Gasteiger charge is 2.05. The smallest absolute Gasteiger partial charge is 0.189 e. The molecule has 2 rings (SSSR count). The van der Waals surface area contributed by atoms with E-state index in [1.165, 1.54) is 6.07 Å². The summed E-state index contributed by atoms with van der Waals surface area (Å²) in [5.74, 6) is -0.635. The van der Waals surface area contributed by atoms with E-state index in [9.17, 15) is 8.78 Å². The van der Waals surface area contributed by atoms with Gasteiger partial charge in [0.05, 0.1) is 12.8 Å². The van der Waals surface area contributed by atoms with Crippen LogP contribution in [0.15, 0.2) is 42.5 Å². The van der Waals surface area contributed by atoms with Crippen LogP contribution in [0.3, 0.4) is 0 Å². The monoisotopic (exact) mass is 382 g/mol. The second-order valence-electron chi connectivity index (χ2n) is 4.86. The zero-order chi connectivity index (χ0) is 18.2. The van der Waals surface area contributed by atoms with E-state index in [0.717, 1.165) is 23.4 Å². The van der Waals surface area contributed by atoms with Crippen molar-refractivity contribution in [3.05, 3.63) is 59.7 Å². The van der Waals surface area contributed by atoms with E-state index < -0.39 is 11.6 Å². The summed E-state index contributed by atoms with van der Waals surface area (Å²) >= 11 is 10.1. The van der Waals surface area contributed by atoms with Crippen LogP contribution in [-0.2, 0) is 6.54 Å². The van der Waals surface area contributed by atoms with E-state index in [0.29, 0.717) is 11.7 Å². The molecular formula is C16H16F2N4OS2. The predicted octanol–water partition coefficient (Wildman–Crippen LogP) is 2.84. The lowest BCUT2D eigenvalue weighted by Gasteiger charge is -2.14. The lowest BCUT2D eigenvalue weighted by molar-refractivity contribution is 0.414. The molecule has 0 heterocycles. The number of anilines is 1. The molecule has 0 aliphatic carbocycles. The molecule has 0 saturated heterocycles. The average Bonchev–Trinajstić information content (AvgIpc) is 2.61. The number of hydrogen-bond acceptors (Lipinski definition) is 3. The first-order chi connectivity index (χ1) is 12.0. The van der Waals surface area contributed by atoms with Gasteiger partial charge in [-0.2, -0.15) is 0 Å². The molecule has 2 aromatic carbocycles. The Hall–Kier alpha value is -2.52. The van der Waals surface area contributed by atoms with Gasteiger partial charge >= 0.3 is 0 Å². The number of thiocarbonyl (C=S) groups is 2. The second kappa shape index (κ2) is 9.09. The SMILES string of the molecule is COc1ccc(CNC(=S)NNC(=S)Nc2ccc(F)cc2F)cc1. The molecule has 0 aromatic heterocycles. The lowest BCUT2D eigenvalue weighted by atomic mass is 10.2. The predicted molar refractivity (Wildman–Crippen MR) is 101 cm³/mol. The summed E-state index contributed by atoms with van der Waals surface area (Å²) in [4.78, 5) is 0. The third-order valence-electron chi connectivity index (χ3n) is 3.08. The van der Waals surface area contributed by atoms with Crippen molar-refractivity contribution in [1.82, 2.24) is 16.2 Å². The summed E-state index contributed by atoms with van der Waals surface area (Å²) in [6.45, 7) is 0.504. The van der Waals surface area contributed by atoms with E-state index in [4.69, 9.17) is 29.2 Å². The molecule has 0 amide bonds. The van der Waals surface area contributed by atoms with Crippen LogP contribution in [0, 0.1) is 11.6 Å². The summed E-state index contributed by atoms with van der Waals surface area (Å²) in [5, 5.41) is 5.96. The minimum Gasteiger partial charge on any atom is -0.497 e. The van der Waals surface area contributed by atoms with E-state index in [1.807, 2.05) is 24.3 Å². The van der Waals surface area contributed by atoms with Crippen molar-refractivity contribution in [3.63, 3.8) is 0 Å². The maximum atomic E-state index is 13.5. The molecule has 25 heavy (non-hydrogen) atoms. The minimum atomic E-state index is -0.746. The van der Waals surface area contributed by atoms with Crippen LogP contribution < -0.4 is 26.2 Å². The number of halogens is 2. The quantitative estimate of drug-likeness (QED) is 0.479. The fraction of sp³-hybridized carbons (Fsp3) is 0.125. The summed E-state index contributed by atoms with van der Waals surface area (Å²) in [6.07, 6.45) is 0. The number of nitrogens with one attached hydrogen (secondary N) is 4. The van der Waals surface area contributed by atoms with Gasteiger partial charge in [0.1, 0.15) is 17.4 Å². The van der Waals surface area contributed by atoms with E-state index in [2.05, 4.69) is 21.5 Å². The van der Waals surface area contributed by atoms with Crippen molar-refractivity contribution in [2.24, 2.45) is 0 Å². The molecule has 0 unspecified atom stereocenters. The van der Waals surface area contributed by atoms with Crippen LogP contribution in [0.1, 0.15) is 5.56 Å². The summed E-state index contributed by atoms with van der Waals surface area (Å²) in [6, 6.07) is 10.7. The van der Waals surface area contributed by atoms with Crippen LogP contribution in [0.5, 0.6) is 5.75 Å². The molecule has 4 N–H and O–H groups in total. The van der Waals surface area contributed by atoms with E-state index >= 15 is 0 Å². The molecule has 2 aromatic rings. The Bertz CT molecular complexity index is 756. The van der Waals surface area contributed by atoms with Crippen LogP contribution in [0.2, 0.25) is 0 Å². The van der Waals surface area contributed by atoms with Gasteiger partial charge in [-0.15, -0.1) is 0 Å². The summed E-state index contributed by atoms with van der Waals surface area (Å²) in [7, 11) is 1.60. The Morgan fingerprint density at radius 2 is 1.68 bits per heavy atom. The number of hydrazine groups is 1. The Morgan fingerprint density at radius 1 is 1.00 bits per heavy atom. The molecule has 0 bridgehead atoms. The van der Waals surface area contributed by atoms with Gasteiger partial charge in [-0.1, -0.05) is 12.1 Å². The highest BCUT2D eigenvalue weighted by atomic mass is 32.1. The molecule has 0 radical (unpaired) electrons. The van der Waals surface area contributed by atoms with Gasteiger partial charge < -0.3 is 15.4 Å². The largest absolute Gasteiger partial charge is 0.497 e. The standard InChI is InChI=1S/C16H16F2N4OS2/c1-23-12-5-2-10(3-6-12)9-19-15(24)21-22-16(25)20-14-7-4-11(17)8-13(14)18/h2-8H,9H2,1H3,(H2,19,21,24)(H2,20,22,25). The van der Waals surface area contributed by atoms with Gasteiger partial charge in [-0.3, -0.25) is 10.9 Å². The van der Waals surface area contributed by atoms with Crippen molar-refractivity contribution < 1.29 is 13.5 Å². The van der Waals surface area contributed by atoms with Gasteiger partial charge in [0.15, 0.2) is 10.2 Å². The Labute approximate surface area is 154 Å². The van der Waals surface area contributed by atoms with Gasteiger partial charge in [0, 0.05) is 12.6 Å². The molecule has 9 heteroatoms. The molecule has 0 atom stereocenters. The van der Waals surface area contributed by atoms with Crippen LogP contribution in [-0.4, -0.2) is 17.3 Å². The first kappa shape index (κ1) is 18.8. The second-order valence-corrected chi connectivity index (χ2v) is 5.68. The van der Waals surface area contributed by atoms with Gasteiger partial charge in [-0.05, 0) is 54.3 Å². The van der Waals surface area contributed by atoms with Crippen molar-refractivity contribution in [2.45, 2.75) is 6.54 Å². The molecule has 5 nitrogen and oxygen atoms in total. The summed E-state index contributed by atoms with van der Waals surface area (Å²) < 4.78 is 31.4. The lowest BCUT2D eigenvalue weighted by Crippen LogP contribution is -2.48. The van der Waals surface area contributed by atoms with Gasteiger partial charge in [0.2, 0.25) is 0 Å².